The SMILES string of the molecule is CC1(C(=O)C2CCOC3(CCC3)C2)CCCS1. The fraction of sp³-hybridized carbons (Fsp3) is 0.929. The molecule has 0 amide bonds. The van der Waals surface area contributed by atoms with Gasteiger partial charge in [0, 0.05) is 12.5 Å². The van der Waals surface area contributed by atoms with Crippen LogP contribution in [0.5, 0.6) is 0 Å². The molecule has 2 nitrogen and oxygen atoms in total. The quantitative estimate of drug-likeness (QED) is 0.757. The van der Waals surface area contributed by atoms with Crippen LogP contribution in [0.1, 0.15) is 51.9 Å². The van der Waals surface area contributed by atoms with Crippen LogP contribution in [-0.2, 0) is 9.53 Å². The molecule has 1 aliphatic carbocycles. The van der Waals surface area contributed by atoms with E-state index in [0.717, 1.165) is 31.6 Å². The molecule has 17 heavy (non-hydrogen) atoms. The van der Waals surface area contributed by atoms with E-state index in [2.05, 4.69) is 6.92 Å². The summed E-state index contributed by atoms with van der Waals surface area (Å²) in [5.41, 5.74) is 0.109. The fourth-order valence-corrected chi connectivity index (χ4v) is 4.91. The Morgan fingerprint density at radius 3 is 2.71 bits per heavy atom. The number of hydrogen-bond acceptors (Lipinski definition) is 3. The van der Waals surface area contributed by atoms with E-state index in [1.165, 1.54) is 25.7 Å². The van der Waals surface area contributed by atoms with Crippen molar-refractivity contribution in [2.75, 3.05) is 12.4 Å². The molecule has 0 aromatic rings. The molecule has 2 aliphatic heterocycles. The monoisotopic (exact) mass is 254 g/mol. The van der Waals surface area contributed by atoms with Gasteiger partial charge in [-0.05, 0) is 57.6 Å². The van der Waals surface area contributed by atoms with Gasteiger partial charge < -0.3 is 4.74 Å². The third-order valence-corrected chi connectivity index (χ3v) is 6.40. The van der Waals surface area contributed by atoms with E-state index in [9.17, 15) is 4.79 Å². The number of ether oxygens (including phenoxy) is 1. The summed E-state index contributed by atoms with van der Waals surface area (Å²) in [6.07, 6.45) is 7.90. The van der Waals surface area contributed by atoms with Gasteiger partial charge in [-0.2, -0.15) is 0 Å². The summed E-state index contributed by atoms with van der Waals surface area (Å²) in [5, 5.41) is 0. The molecular weight excluding hydrogens is 232 g/mol. The Morgan fingerprint density at radius 1 is 1.29 bits per heavy atom. The second kappa shape index (κ2) is 4.27. The number of carbonyl (C=O) groups excluding carboxylic acids is 1. The van der Waals surface area contributed by atoms with Crippen LogP contribution in [0.2, 0.25) is 0 Å². The van der Waals surface area contributed by atoms with Gasteiger partial charge in [0.05, 0.1) is 10.3 Å². The summed E-state index contributed by atoms with van der Waals surface area (Å²) in [7, 11) is 0. The van der Waals surface area contributed by atoms with E-state index in [0.29, 0.717) is 5.78 Å². The summed E-state index contributed by atoms with van der Waals surface area (Å²) in [6.45, 7) is 2.97. The summed E-state index contributed by atoms with van der Waals surface area (Å²) in [5.74, 6) is 1.96. The molecule has 0 bridgehead atoms. The zero-order chi connectivity index (χ0) is 11.9. The van der Waals surface area contributed by atoms with Crippen molar-refractivity contribution in [3.8, 4) is 0 Å². The Hall–Kier alpha value is -0.0200. The van der Waals surface area contributed by atoms with Crippen LogP contribution in [-0.4, -0.2) is 28.5 Å². The molecule has 96 valence electrons. The standard InChI is InChI=1S/C14H22O2S/c1-13(5-3-9-17-13)12(15)11-4-8-16-14(10-11)6-2-7-14/h11H,2-10H2,1H3. The minimum absolute atomic E-state index is 0.0764. The van der Waals surface area contributed by atoms with Crippen molar-refractivity contribution in [3.05, 3.63) is 0 Å². The van der Waals surface area contributed by atoms with E-state index in [1.807, 2.05) is 11.8 Å². The smallest absolute Gasteiger partial charge is 0.151 e. The maximum atomic E-state index is 12.7. The summed E-state index contributed by atoms with van der Waals surface area (Å²) in [6, 6.07) is 0. The lowest BCUT2D eigenvalue weighted by atomic mass is 9.70. The lowest BCUT2D eigenvalue weighted by Gasteiger charge is -2.47. The fourth-order valence-electron chi connectivity index (χ4n) is 3.58. The molecule has 2 unspecified atom stereocenters. The molecule has 3 heteroatoms. The Labute approximate surface area is 108 Å². The van der Waals surface area contributed by atoms with E-state index in [1.54, 1.807) is 0 Å². The van der Waals surface area contributed by atoms with Gasteiger partial charge in [0.25, 0.3) is 0 Å². The number of thioether (sulfide) groups is 1. The molecule has 2 heterocycles. The van der Waals surface area contributed by atoms with E-state index < -0.39 is 0 Å². The molecule has 1 saturated carbocycles. The second-order valence-electron chi connectivity index (χ2n) is 6.12. The lowest BCUT2D eigenvalue weighted by Crippen LogP contribution is -2.49. The Kier molecular flexibility index (Phi) is 3.02. The van der Waals surface area contributed by atoms with Crippen molar-refractivity contribution in [2.45, 2.75) is 62.2 Å². The number of ketones is 1. The molecule has 3 fully saturated rings. The number of hydrogen-bond donors (Lipinski definition) is 0. The van der Waals surface area contributed by atoms with Crippen LogP contribution in [0.25, 0.3) is 0 Å². The molecule has 3 aliphatic rings. The van der Waals surface area contributed by atoms with Crippen molar-refractivity contribution in [3.63, 3.8) is 0 Å². The molecule has 3 rings (SSSR count). The first kappa shape index (κ1) is 12.0. The second-order valence-corrected chi connectivity index (χ2v) is 7.72. The van der Waals surface area contributed by atoms with Crippen LogP contribution < -0.4 is 0 Å². The molecule has 0 radical (unpaired) electrons. The first-order valence-electron chi connectivity index (χ1n) is 6.96. The Bertz CT molecular complexity index is 316. The highest BCUT2D eigenvalue weighted by molar-refractivity contribution is 8.01. The highest BCUT2D eigenvalue weighted by Crippen LogP contribution is 2.48. The van der Waals surface area contributed by atoms with E-state index >= 15 is 0 Å². The Morgan fingerprint density at radius 2 is 2.12 bits per heavy atom. The average molecular weight is 254 g/mol. The van der Waals surface area contributed by atoms with Gasteiger partial charge in [-0.25, -0.2) is 0 Å². The van der Waals surface area contributed by atoms with Crippen molar-refractivity contribution in [1.82, 2.24) is 0 Å². The largest absolute Gasteiger partial charge is 0.375 e. The summed E-state index contributed by atoms with van der Waals surface area (Å²) >= 11 is 1.88. The van der Waals surface area contributed by atoms with Crippen LogP contribution in [0.4, 0.5) is 0 Å². The summed E-state index contributed by atoms with van der Waals surface area (Å²) < 4.78 is 5.84. The normalized spacial score (nSPS) is 40.2. The maximum absolute atomic E-state index is 12.7. The average Bonchev–Trinajstić information content (AvgIpc) is 2.75. The number of carbonyl (C=O) groups is 1. The van der Waals surface area contributed by atoms with Crippen LogP contribution in [0.15, 0.2) is 0 Å². The van der Waals surface area contributed by atoms with Gasteiger partial charge in [0.15, 0.2) is 5.78 Å². The molecular formula is C14H22O2S. The molecule has 1 spiro atoms. The molecule has 2 atom stereocenters. The van der Waals surface area contributed by atoms with E-state index in [4.69, 9.17) is 4.74 Å². The van der Waals surface area contributed by atoms with Gasteiger partial charge in [-0.1, -0.05) is 0 Å². The maximum Gasteiger partial charge on any atom is 0.151 e. The van der Waals surface area contributed by atoms with Crippen LogP contribution >= 0.6 is 11.8 Å². The third-order valence-electron chi connectivity index (χ3n) is 4.87. The number of Topliss-reactive ketones (excluding diaryl/α,β-unsaturated/α-hetero) is 1. The van der Waals surface area contributed by atoms with Crippen molar-refractivity contribution >= 4 is 17.5 Å². The molecule has 0 aromatic carbocycles. The number of rotatable bonds is 2. The first-order valence-corrected chi connectivity index (χ1v) is 7.94. The van der Waals surface area contributed by atoms with Crippen LogP contribution in [0.3, 0.4) is 0 Å². The zero-order valence-electron chi connectivity index (χ0n) is 10.7. The highest BCUT2D eigenvalue weighted by atomic mass is 32.2. The van der Waals surface area contributed by atoms with Gasteiger partial charge in [-0.15, -0.1) is 11.8 Å². The first-order chi connectivity index (χ1) is 8.14. The molecule has 2 saturated heterocycles. The van der Waals surface area contributed by atoms with Gasteiger partial charge in [0.1, 0.15) is 0 Å². The Balaban J connectivity index is 1.69. The molecule has 0 N–H and O–H groups in total. The topological polar surface area (TPSA) is 26.3 Å². The highest BCUT2D eigenvalue weighted by Gasteiger charge is 2.48. The van der Waals surface area contributed by atoms with Gasteiger partial charge in [-0.3, -0.25) is 4.79 Å². The minimum atomic E-state index is -0.0764. The molecule has 0 aromatic heterocycles. The van der Waals surface area contributed by atoms with Crippen molar-refractivity contribution in [1.29, 1.82) is 0 Å². The third kappa shape index (κ3) is 2.06. The lowest BCUT2D eigenvalue weighted by molar-refractivity contribution is -0.156. The van der Waals surface area contributed by atoms with Crippen molar-refractivity contribution in [2.24, 2.45) is 5.92 Å². The summed E-state index contributed by atoms with van der Waals surface area (Å²) in [4.78, 5) is 12.7. The van der Waals surface area contributed by atoms with E-state index in [-0.39, 0.29) is 16.3 Å². The van der Waals surface area contributed by atoms with Gasteiger partial charge in [0.2, 0.25) is 0 Å². The predicted octanol–water partition coefficient (Wildman–Crippen LogP) is 3.19. The van der Waals surface area contributed by atoms with Crippen LogP contribution in [0, 0.1) is 5.92 Å². The predicted molar refractivity (Wildman–Crippen MR) is 70.4 cm³/mol. The van der Waals surface area contributed by atoms with Crippen molar-refractivity contribution < 1.29 is 9.53 Å². The van der Waals surface area contributed by atoms with Gasteiger partial charge >= 0.3 is 0 Å². The zero-order valence-corrected chi connectivity index (χ0v) is 11.5. The minimum Gasteiger partial charge on any atom is -0.375 e.